The average molecular weight is 228 g/mol. The highest BCUT2D eigenvalue weighted by Crippen LogP contribution is 2.35. The molecule has 2 N–H and O–H groups in total. The molecular weight excluding hydrogens is 215 g/mol. The molecule has 2 rings (SSSR count). The minimum absolute atomic E-state index is 0.376. The fourth-order valence-electron chi connectivity index (χ4n) is 1.58. The highest BCUT2D eigenvalue weighted by Gasteiger charge is 2.14. The molecule has 0 saturated heterocycles. The predicted octanol–water partition coefficient (Wildman–Crippen LogP) is 2.31. The van der Waals surface area contributed by atoms with Crippen LogP contribution in [-0.4, -0.2) is 12.8 Å². The Bertz CT molecular complexity index is 488. The van der Waals surface area contributed by atoms with Gasteiger partial charge in [-0.25, -0.2) is 4.98 Å². The zero-order valence-corrected chi connectivity index (χ0v) is 10.2. The van der Waals surface area contributed by atoms with Crippen LogP contribution in [0, 0.1) is 0 Å². The quantitative estimate of drug-likeness (QED) is 0.801. The molecule has 4 heteroatoms. The van der Waals surface area contributed by atoms with Gasteiger partial charge in [-0.3, -0.25) is 0 Å². The molecule has 0 spiro atoms. The predicted molar refractivity (Wildman–Crippen MR) is 71.4 cm³/mol. The summed E-state index contributed by atoms with van der Waals surface area (Å²) >= 11 is 1.53. The second-order valence-electron chi connectivity index (χ2n) is 4.04. The largest absolute Gasteiger partial charge is 0.375 e. The Kier molecular flexibility index (Phi) is 3.01. The first-order valence-electron chi connectivity index (χ1n) is 5.20. The first kappa shape index (κ1) is 11.2. The molecule has 1 aromatic heterocycles. The Labute approximate surface area is 101 Å². The molecule has 80 valence electrons. The summed E-state index contributed by atoms with van der Waals surface area (Å²) in [6, 6.07) is 7.81. The van der Waals surface area contributed by atoms with Gasteiger partial charge in [-0.2, -0.15) is 0 Å². The number of nitrogens with zero attached hydrogens (tertiary/aromatic N) is 1. The van der Waals surface area contributed by atoms with Crippen LogP contribution >= 0.6 is 11.3 Å². The maximum atomic E-state index is 5.77. The lowest BCUT2D eigenvalue weighted by Crippen LogP contribution is -1.99. The monoisotopic (exact) mass is 228 g/mol. The van der Waals surface area contributed by atoms with Crippen molar-refractivity contribution in [2.45, 2.75) is 19.8 Å². The minimum Gasteiger partial charge on any atom is -0.375 e. The number of hydrogen-bond donors (Lipinski definition) is 1. The molecule has 0 bridgehead atoms. The van der Waals surface area contributed by atoms with Gasteiger partial charge in [0.1, 0.15) is 7.85 Å². The standard InChI is InChI=1S/C12H13BN2S/c1-7(2)10-11(16-12(14)15-10)8-3-5-9(13)6-4-8/h3-7H,1-2H3,(H2,14,15). The van der Waals surface area contributed by atoms with E-state index in [1.165, 1.54) is 11.3 Å². The Morgan fingerprint density at radius 1 is 1.25 bits per heavy atom. The third kappa shape index (κ3) is 2.12. The number of anilines is 1. The second-order valence-corrected chi connectivity index (χ2v) is 5.07. The van der Waals surface area contributed by atoms with Gasteiger partial charge in [-0.15, -0.1) is 0 Å². The van der Waals surface area contributed by atoms with Crippen molar-refractivity contribution in [3.8, 4) is 10.4 Å². The van der Waals surface area contributed by atoms with Crippen molar-refractivity contribution in [2.24, 2.45) is 0 Å². The number of aromatic nitrogens is 1. The van der Waals surface area contributed by atoms with Gasteiger partial charge >= 0.3 is 0 Å². The van der Waals surface area contributed by atoms with Crippen molar-refractivity contribution in [1.29, 1.82) is 0 Å². The second kappa shape index (κ2) is 4.30. The molecule has 1 heterocycles. The molecule has 2 nitrogen and oxygen atoms in total. The highest BCUT2D eigenvalue weighted by atomic mass is 32.1. The van der Waals surface area contributed by atoms with E-state index in [-0.39, 0.29) is 0 Å². The van der Waals surface area contributed by atoms with E-state index in [0.29, 0.717) is 11.0 Å². The first-order valence-corrected chi connectivity index (χ1v) is 6.01. The molecule has 0 aliphatic rings. The maximum absolute atomic E-state index is 5.77. The average Bonchev–Trinajstić information content (AvgIpc) is 2.61. The van der Waals surface area contributed by atoms with Crippen LogP contribution in [0.25, 0.3) is 10.4 Å². The third-order valence-electron chi connectivity index (χ3n) is 2.39. The summed E-state index contributed by atoms with van der Waals surface area (Å²) in [7, 11) is 5.67. The van der Waals surface area contributed by atoms with Gasteiger partial charge < -0.3 is 5.73 Å². The Morgan fingerprint density at radius 3 is 2.44 bits per heavy atom. The molecule has 0 fully saturated rings. The van der Waals surface area contributed by atoms with Crippen LogP contribution in [0.4, 0.5) is 5.13 Å². The fraction of sp³-hybridized carbons (Fsp3) is 0.250. The molecule has 0 saturated carbocycles. The van der Waals surface area contributed by atoms with Crippen LogP contribution in [0.2, 0.25) is 0 Å². The molecule has 1 aromatic carbocycles. The summed E-state index contributed by atoms with van der Waals surface area (Å²) in [4.78, 5) is 5.52. The van der Waals surface area contributed by atoms with E-state index in [2.05, 4.69) is 18.8 Å². The van der Waals surface area contributed by atoms with Gasteiger partial charge in [0.25, 0.3) is 0 Å². The number of benzene rings is 1. The first-order chi connectivity index (χ1) is 7.58. The van der Waals surface area contributed by atoms with Gasteiger partial charge in [0.05, 0.1) is 10.6 Å². The van der Waals surface area contributed by atoms with Gasteiger partial charge in [-0.05, 0) is 11.5 Å². The van der Waals surface area contributed by atoms with E-state index in [0.717, 1.165) is 21.6 Å². The molecule has 0 unspecified atom stereocenters. The van der Waals surface area contributed by atoms with Crippen LogP contribution < -0.4 is 11.2 Å². The number of nitrogens with two attached hydrogens (primary N) is 1. The molecule has 0 atom stereocenters. The van der Waals surface area contributed by atoms with E-state index in [4.69, 9.17) is 13.6 Å². The lowest BCUT2D eigenvalue weighted by Gasteiger charge is -2.05. The van der Waals surface area contributed by atoms with Crippen LogP contribution in [0.3, 0.4) is 0 Å². The van der Waals surface area contributed by atoms with Crippen molar-refractivity contribution in [2.75, 3.05) is 5.73 Å². The molecular formula is C12H13BN2S. The maximum Gasteiger partial charge on any atom is 0.180 e. The van der Waals surface area contributed by atoms with E-state index >= 15 is 0 Å². The van der Waals surface area contributed by atoms with Crippen LogP contribution in [0.5, 0.6) is 0 Å². The summed E-state index contributed by atoms with van der Waals surface area (Å²) in [5.41, 5.74) is 8.73. The van der Waals surface area contributed by atoms with E-state index in [9.17, 15) is 0 Å². The van der Waals surface area contributed by atoms with Crippen LogP contribution in [0.15, 0.2) is 24.3 Å². The zero-order valence-electron chi connectivity index (χ0n) is 9.40. The van der Waals surface area contributed by atoms with Crippen molar-refractivity contribution in [3.63, 3.8) is 0 Å². The highest BCUT2D eigenvalue weighted by molar-refractivity contribution is 7.18. The van der Waals surface area contributed by atoms with Crippen LogP contribution in [-0.2, 0) is 0 Å². The molecule has 0 aliphatic heterocycles. The molecule has 2 radical (unpaired) electrons. The zero-order chi connectivity index (χ0) is 11.7. The van der Waals surface area contributed by atoms with Gasteiger partial charge in [0.15, 0.2) is 5.13 Å². The Balaban J connectivity index is 2.50. The van der Waals surface area contributed by atoms with Crippen molar-refractivity contribution in [1.82, 2.24) is 4.98 Å². The number of hydrogen-bond acceptors (Lipinski definition) is 3. The Morgan fingerprint density at radius 2 is 1.88 bits per heavy atom. The van der Waals surface area contributed by atoms with Crippen LogP contribution in [0.1, 0.15) is 25.5 Å². The molecule has 0 aliphatic carbocycles. The van der Waals surface area contributed by atoms with E-state index in [1.54, 1.807) is 0 Å². The van der Waals surface area contributed by atoms with Gasteiger partial charge in [-0.1, -0.05) is 54.9 Å². The van der Waals surface area contributed by atoms with Crippen molar-refractivity contribution in [3.05, 3.63) is 30.0 Å². The Hall–Kier alpha value is -1.29. The summed E-state index contributed by atoms with van der Waals surface area (Å²) in [6.07, 6.45) is 0. The summed E-state index contributed by atoms with van der Waals surface area (Å²) in [5.74, 6) is 0.376. The van der Waals surface area contributed by atoms with Gasteiger partial charge in [0.2, 0.25) is 0 Å². The molecule has 2 aromatic rings. The SMILES string of the molecule is [B]c1ccc(-c2sc(N)nc2C(C)C)cc1. The lowest BCUT2D eigenvalue weighted by molar-refractivity contribution is 0.836. The number of nitrogen functional groups attached to an aromatic ring is 1. The summed E-state index contributed by atoms with van der Waals surface area (Å²) in [6.45, 7) is 4.24. The van der Waals surface area contributed by atoms with Gasteiger partial charge in [0, 0.05) is 0 Å². The summed E-state index contributed by atoms with van der Waals surface area (Å²) in [5, 5.41) is 0.621. The molecule has 0 amide bonds. The fourth-order valence-corrected chi connectivity index (χ4v) is 2.57. The smallest absolute Gasteiger partial charge is 0.180 e. The van der Waals surface area contributed by atoms with Crippen molar-refractivity contribution >= 4 is 29.8 Å². The topological polar surface area (TPSA) is 38.9 Å². The van der Waals surface area contributed by atoms with Crippen molar-refractivity contribution < 1.29 is 0 Å². The van der Waals surface area contributed by atoms with E-state index < -0.39 is 0 Å². The lowest BCUT2D eigenvalue weighted by atomic mass is 9.94. The summed E-state index contributed by atoms with van der Waals surface area (Å²) < 4.78 is 0. The third-order valence-corrected chi connectivity index (χ3v) is 3.34. The number of thiazole rings is 1. The number of rotatable bonds is 2. The minimum atomic E-state index is 0.376. The van der Waals surface area contributed by atoms with E-state index in [1.807, 2.05) is 24.3 Å². The molecule has 16 heavy (non-hydrogen) atoms. The normalized spacial score (nSPS) is 10.9.